The number of Topliss-reactive ketones (excluding diaryl/α,β-unsaturated/α-hetero) is 2. The summed E-state index contributed by atoms with van der Waals surface area (Å²) in [5.41, 5.74) is 5.26. The maximum Gasteiger partial charge on any atom is 0.303 e. The number of allylic oxidation sites excluding steroid dienone is 2. The summed E-state index contributed by atoms with van der Waals surface area (Å²) in [6.45, 7) is 6.14. The molecule has 168 valence electrons. The van der Waals surface area contributed by atoms with Crippen LogP contribution < -0.4 is 0 Å². The lowest BCUT2D eigenvalue weighted by atomic mass is 9.90. The van der Waals surface area contributed by atoms with Crippen LogP contribution in [0.15, 0.2) is 48.5 Å². The Kier molecular flexibility index (Phi) is 9.08. The summed E-state index contributed by atoms with van der Waals surface area (Å²) < 4.78 is 9.55. The number of esters is 2. The summed E-state index contributed by atoms with van der Waals surface area (Å²) in [5.74, 6) is -1.48. The first kappa shape index (κ1) is 24.7. The van der Waals surface area contributed by atoms with Crippen LogP contribution in [0.5, 0.6) is 0 Å². The molecule has 2 rings (SSSR count). The molecule has 0 amide bonds. The van der Waals surface area contributed by atoms with E-state index in [2.05, 4.69) is 13.8 Å². The molecule has 0 aliphatic rings. The molecule has 0 aliphatic carbocycles. The second-order valence-corrected chi connectivity index (χ2v) is 7.23. The minimum Gasteiger partial charge on any atom is -0.457 e. The van der Waals surface area contributed by atoms with Crippen molar-refractivity contribution in [2.75, 3.05) is 13.2 Å². The number of carbonyl (C=O) groups is 4. The van der Waals surface area contributed by atoms with Gasteiger partial charge in [0.2, 0.25) is 0 Å². The Morgan fingerprint density at radius 3 is 1.09 bits per heavy atom. The van der Waals surface area contributed by atoms with E-state index in [-0.39, 0.29) is 24.8 Å². The van der Waals surface area contributed by atoms with E-state index < -0.39 is 11.9 Å². The quantitative estimate of drug-likeness (QED) is 0.299. The Morgan fingerprint density at radius 1 is 0.562 bits per heavy atom. The van der Waals surface area contributed by atoms with E-state index in [1.54, 1.807) is 24.3 Å². The molecule has 2 aromatic rings. The highest BCUT2D eigenvalue weighted by molar-refractivity contribution is 6.00. The van der Waals surface area contributed by atoms with Crippen LogP contribution in [0, 0.1) is 0 Å². The molecule has 0 aromatic heterocycles. The lowest BCUT2D eigenvalue weighted by Gasteiger charge is -2.15. The van der Waals surface area contributed by atoms with Gasteiger partial charge in [-0.15, -0.1) is 0 Å². The van der Waals surface area contributed by atoms with E-state index in [0.717, 1.165) is 35.1 Å². The Labute approximate surface area is 188 Å². The van der Waals surface area contributed by atoms with Crippen LogP contribution in [0.2, 0.25) is 0 Å². The van der Waals surface area contributed by atoms with Gasteiger partial charge in [-0.05, 0) is 35.1 Å². The van der Waals surface area contributed by atoms with Gasteiger partial charge in [0.05, 0.1) is 0 Å². The van der Waals surface area contributed by atoms with Gasteiger partial charge in [0.1, 0.15) is 0 Å². The van der Waals surface area contributed by atoms with E-state index in [1.165, 1.54) is 13.8 Å². The van der Waals surface area contributed by atoms with Crippen molar-refractivity contribution in [3.05, 3.63) is 70.8 Å². The minimum atomic E-state index is -0.488. The second-order valence-electron chi connectivity index (χ2n) is 7.23. The number of carbonyl (C=O) groups excluding carboxylic acids is 4. The number of hydrogen-bond acceptors (Lipinski definition) is 6. The van der Waals surface area contributed by atoms with E-state index >= 15 is 0 Å². The maximum atomic E-state index is 12.1. The molecule has 0 bridgehead atoms. The van der Waals surface area contributed by atoms with Crippen molar-refractivity contribution < 1.29 is 28.7 Å². The number of ether oxygens (including phenoxy) is 2. The molecule has 0 fully saturated rings. The first-order valence-electron chi connectivity index (χ1n) is 10.5. The molecule has 32 heavy (non-hydrogen) atoms. The Bertz CT molecular complexity index is 930. The van der Waals surface area contributed by atoms with Crippen molar-refractivity contribution in [1.82, 2.24) is 0 Å². The van der Waals surface area contributed by atoms with Gasteiger partial charge in [0, 0.05) is 25.0 Å². The van der Waals surface area contributed by atoms with Gasteiger partial charge in [-0.25, -0.2) is 0 Å². The molecule has 0 spiro atoms. The third-order valence-corrected chi connectivity index (χ3v) is 5.00. The van der Waals surface area contributed by atoms with Gasteiger partial charge in [-0.3, -0.25) is 19.2 Å². The molecular formula is C26H28O6. The fourth-order valence-electron chi connectivity index (χ4n) is 3.40. The molecular weight excluding hydrogens is 408 g/mol. The summed E-state index contributed by atoms with van der Waals surface area (Å²) in [6, 6.07) is 14.5. The summed E-state index contributed by atoms with van der Waals surface area (Å²) in [7, 11) is 0. The predicted molar refractivity (Wildman–Crippen MR) is 122 cm³/mol. The average Bonchev–Trinajstić information content (AvgIpc) is 2.79. The van der Waals surface area contributed by atoms with Crippen molar-refractivity contribution in [3.63, 3.8) is 0 Å². The van der Waals surface area contributed by atoms with Crippen molar-refractivity contribution in [2.45, 2.75) is 40.5 Å². The SMILES string of the molecule is CC/C(=C(\CC)c1ccc(C(=O)COC(C)=O)cc1)c1ccc(C(=O)COC(C)=O)cc1. The number of rotatable bonds is 10. The molecule has 2 aromatic carbocycles. The molecule has 6 nitrogen and oxygen atoms in total. The average molecular weight is 437 g/mol. The van der Waals surface area contributed by atoms with E-state index in [1.807, 2.05) is 24.3 Å². The van der Waals surface area contributed by atoms with Gasteiger partial charge < -0.3 is 9.47 Å². The summed E-state index contributed by atoms with van der Waals surface area (Å²) in [5, 5.41) is 0. The highest BCUT2D eigenvalue weighted by Crippen LogP contribution is 2.31. The zero-order valence-electron chi connectivity index (χ0n) is 18.9. The van der Waals surface area contributed by atoms with Crippen molar-refractivity contribution in [1.29, 1.82) is 0 Å². The van der Waals surface area contributed by atoms with Gasteiger partial charge in [-0.1, -0.05) is 62.4 Å². The van der Waals surface area contributed by atoms with Crippen LogP contribution >= 0.6 is 0 Å². The van der Waals surface area contributed by atoms with Crippen molar-refractivity contribution in [3.8, 4) is 0 Å². The normalized spacial score (nSPS) is 11.4. The van der Waals surface area contributed by atoms with E-state index in [9.17, 15) is 19.2 Å². The van der Waals surface area contributed by atoms with Crippen LogP contribution in [-0.2, 0) is 19.1 Å². The smallest absolute Gasteiger partial charge is 0.303 e. The molecule has 0 saturated carbocycles. The molecule has 0 heterocycles. The first-order chi connectivity index (χ1) is 15.3. The third kappa shape index (κ3) is 6.74. The van der Waals surface area contributed by atoms with Crippen molar-refractivity contribution in [2.24, 2.45) is 0 Å². The third-order valence-electron chi connectivity index (χ3n) is 5.00. The molecule has 0 unspecified atom stereocenters. The van der Waals surface area contributed by atoms with Crippen LogP contribution in [0.1, 0.15) is 72.4 Å². The highest BCUT2D eigenvalue weighted by atomic mass is 16.5. The van der Waals surface area contributed by atoms with Crippen LogP contribution in [0.3, 0.4) is 0 Å². The lowest BCUT2D eigenvalue weighted by molar-refractivity contribution is -0.140. The Hall–Kier alpha value is -3.54. The number of benzene rings is 2. The zero-order valence-corrected chi connectivity index (χ0v) is 18.9. The predicted octanol–water partition coefficient (Wildman–Crippen LogP) is 4.91. The summed E-state index contributed by atoms with van der Waals surface area (Å²) >= 11 is 0. The van der Waals surface area contributed by atoms with E-state index in [0.29, 0.717) is 11.1 Å². The number of ketones is 2. The summed E-state index contributed by atoms with van der Waals surface area (Å²) in [4.78, 5) is 46.1. The van der Waals surface area contributed by atoms with E-state index in [4.69, 9.17) is 9.47 Å². The molecule has 6 heteroatoms. The van der Waals surface area contributed by atoms with Gasteiger partial charge >= 0.3 is 11.9 Å². The fourth-order valence-corrected chi connectivity index (χ4v) is 3.40. The number of hydrogen-bond donors (Lipinski definition) is 0. The van der Waals surface area contributed by atoms with Gasteiger partial charge in [-0.2, -0.15) is 0 Å². The van der Waals surface area contributed by atoms with Crippen LogP contribution in [-0.4, -0.2) is 36.7 Å². The standard InChI is InChI=1S/C26H28O6/c1-5-23(19-7-11-21(12-8-19)25(29)15-31-17(3)27)24(6-2)20-9-13-22(14-10-20)26(30)16-32-18(4)28/h7-14H,5-6,15-16H2,1-4H3/b24-23-. The Balaban J connectivity index is 2.27. The minimum absolute atomic E-state index is 0.251. The largest absolute Gasteiger partial charge is 0.457 e. The monoisotopic (exact) mass is 436 g/mol. The Morgan fingerprint density at radius 2 is 0.844 bits per heavy atom. The zero-order chi connectivity index (χ0) is 23.7. The fraction of sp³-hybridized carbons (Fsp3) is 0.308. The highest BCUT2D eigenvalue weighted by Gasteiger charge is 2.13. The molecule has 0 radical (unpaired) electrons. The molecule has 0 atom stereocenters. The van der Waals surface area contributed by atoms with Crippen LogP contribution in [0.4, 0.5) is 0 Å². The maximum absolute atomic E-state index is 12.1. The molecule has 0 aliphatic heterocycles. The topological polar surface area (TPSA) is 86.7 Å². The summed E-state index contributed by atoms with van der Waals surface area (Å²) in [6.07, 6.45) is 1.58. The van der Waals surface area contributed by atoms with Crippen LogP contribution in [0.25, 0.3) is 11.1 Å². The molecule has 0 N–H and O–H groups in total. The first-order valence-corrected chi connectivity index (χ1v) is 10.5. The lowest BCUT2D eigenvalue weighted by Crippen LogP contribution is -2.12. The molecule has 0 saturated heterocycles. The van der Waals surface area contributed by atoms with Gasteiger partial charge in [0.15, 0.2) is 24.8 Å². The second kappa shape index (κ2) is 11.7. The van der Waals surface area contributed by atoms with Gasteiger partial charge in [0.25, 0.3) is 0 Å². The van der Waals surface area contributed by atoms with Crippen molar-refractivity contribution >= 4 is 34.7 Å².